The summed E-state index contributed by atoms with van der Waals surface area (Å²) < 4.78 is 25.7. The topological polar surface area (TPSA) is 0 Å². The molecule has 17 heavy (non-hydrogen) atoms. The molecule has 4 heteroatoms. The standard InChI is InChI=1S/C13H9ClF2S/c14-10-2-4-11(5-3-10)17-8-9-1-6-12(15)13(16)7-9/h1-7H,8H2. The molecule has 0 atom stereocenters. The van der Waals surface area contributed by atoms with Crippen LogP contribution in [0.2, 0.25) is 5.02 Å². The minimum absolute atomic E-state index is 0.596. The quantitative estimate of drug-likeness (QED) is 0.714. The largest absolute Gasteiger partial charge is 0.204 e. The SMILES string of the molecule is Fc1ccc(CSc2ccc(Cl)cc2)cc1F. The first-order valence-electron chi connectivity index (χ1n) is 4.97. The lowest BCUT2D eigenvalue weighted by Gasteiger charge is -2.03. The third kappa shape index (κ3) is 3.45. The van der Waals surface area contributed by atoms with Crippen molar-refractivity contribution in [3.63, 3.8) is 0 Å². The van der Waals surface area contributed by atoms with Gasteiger partial charge in [0.05, 0.1) is 0 Å². The number of thioether (sulfide) groups is 1. The van der Waals surface area contributed by atoms with E-state index in [1.807, 2.05) is 12.1 Å². The van der Waals surface area contributed by atoms with Gasteiger partial charge in [-0.15, -0.1) is 11.8 Å². The molecular formula is C13H9ClF2S. The second kappa shape index (κ2) is 5.52. The molecule has 0 aliphatic rings. The number of benzene rings is 2. The van der Waals surface area contributed by atoms with Crippen LogP contribution in [0.4, 0.5) is 8.78 Å². The molecule has 0 heterocycles. The van der Waals surface area contributed by atoms with E-state index in [1.165, 1.54) is 6.07 Å². The Morgan fingerprint density at radius 3 is 2.29 bits per heavy atom. The predicted molar refractivity (Wildman–Crippen MR) is 67.4 cm³/mol. The molecular weight excluding hydrogens is 262 g/mol. The summed E-state index contributed by atoms with van der Waals surface area (Å²) in [4.78, 5) is 1.04. The summed E-state index contributed by atoms with van der Waals surface area (Å²) in [6.45, 7) is 0. The molecule has 0 aliphatic carbocycles. The fraction of sp³-hybridized carbons (Fsp3) is 0.0769. The highest BCUT2D eigenvalue weighted by Crippen LogP contribution is 2.24. The average molecular weight is 271 g/mol. The maximum absolute atomic E-state index is 13.0. The van der Waals surface area contributed by atoms with Crippen molar-refractivity contribution in [3.8, 4) is 0 Å². The second-order valence-corrected chi connectivity index (χ2v) is 4.98. The van der Waals surface area contributed by atoms with E-state index in [4.69, 9.17) is 11.6 Å². The van der Waals surface area contributed by atoms with Gasteiger partial charge in [0, 0.05) is 15.7 Å². The molecule has 0 nitrogen and oxygen atoms in total. The molecule has 0 spiro atoms. The minimum atomic E-state index is -0.815. The Kier molecular flexibility index (Phi) is 4.02. The normalized spacial score (nSPS) is 10.5. The van der Waals surface area contributed by atoms with E-state index in [0.717, 1.165) is 16.5 Å². The summed E-state index contributed by atoms with van der Waals surface area (Å²) >= 11 is 7.32. The number of rotatable bonds is 3. The van der Waals surface area contributed by atoms with Gasteiger partial charge in [-0.1, -0.05) is 17.7 Å². The van der Waals surface area contributed by atoms with Gasteiger partial charge in [-0.2, -0.15) is 0 Å². The minimum Gasteiger partial charge on any atom is -0.204 e. The van der Waals surface area contributed by atoms with E-state index in [-0.39, 0.29) is 0 Å². The van der Waals surface area contributed by atoms with Crippen molar-refractivity contribution in [2.45, 2.75) is 10.6 Å². The second-order valence-electron chi connectivity index (χ2n) is 3.49. The lowest BCUT2D eigenvalue weighted by atomic mass is 10.2. The summed E-state index contributed by atoms with van der Waals surface area (Å²) in [6.07, 6.45) is 0. The first-order valence-corrected chi connectivity index (χ1v) is 6.34. The smallest absolute Gasteiger partial charge is 0.159 e. The van der Waals surface area contributed by atoms with Gasteiger partial charge in [0.25, 0.3) is 0 Å². The molecule has 0 radical (unpaired) electrons. The molecule has 0 saturated carbocycles. The van der Waals surface area contributed by atoms with Crippen LogP contribution in [0.25, 0.3) is 0 Å². The van der Waals surface area contributed by atoms with Crippen LogP contribution in [0.1, 0.15) is 5.56 Å². The predicted octanol–water partition coefficient (Wildman–Crippen LogP) is 4.91. The molecule has 0 fully saturated rings. The Bertz CT molecular complexity index is 511. The van der Waals surface area contributed by atoms with Crippen molar-refractivity contribution in [3.05, 3.63) is 64.7 Å². The fourth-order valence-corrected chi connectivity index (χ4v) is 2.29. The van der Waals surface area contributed by atoms with Crippen LogP contribution in [0, 0.1) is 11.6 Å². The molecule has 0 bridgehead atoms. The number of hydrogen-bond acceptors (Lipinski definition) is 1. The van der Waals surface area contributed by atoms with Crippen LogP contribution in [-0.4, -0.2) is 0 Å². The molecule has 0 unspecified atom stereocenters. The zero-order valence-electron chi connectivity index (χ0n) is 8.79. The fourth-order valence-electron chi connectivity index (χ4n) is 1.33. The van der Waals surface area contributed by atoms with Gasteiger partial charge in [-0.25, -0.2) is 8.78 Å². The average Bonchev–Trinajstić information content (AvgIpc) is 2.33. The number of hydrogen-bond donors (Lipinski definition) is 0. The highest BCUT2D eigenvalue weighted by molar-refractivity contribution is 7.98. The maximum Gasteiger partial charge on any atom is 0.159 e. The summed E-state index contributed by atoms with van der Waals surface area (Å²) in [5.74, 6) is -1.02. The van der Waals surface area contributed by atoms with Gasteiger partial charge < -0.3 is 0 Å². The highest BCUT2D eigenvalue weighted by atomic mass is 35.5. The Morgan fingerprint density at radius 2 is 1.65 bits per heavy atom. The zero-order valence-corrected chi connectivity index (χ0v) is 10.4. The lowest BCUT2D eigenvalue weighted by molar-refractivity contribution is 0.507. The first kappa shape index (κ1) is 12.4. The van der Waals surface area contributed by atoms with Crippen molar-refractivity contribution in [2.75, 3.05) is 0 Å². The van der Waals surface area contributed by atoms with Gasteiger partial charge in [-0.05, 0) is 42.0 Å². The third-order valence-electron chi connectivity index (χ3n) is 2.20. The zero-order chi connectivity index (χ0) is 12.3. The van der Waals surface area contributed by atoms with E-state index in [1.54, 1.807) is 30.0 Å². The van der Waals surface area contributed by atoms with Gasteiger partial charge in [0.1, 0.15) is 0 Å². The van der Waals surface area contributed by atoms with Crippen LogP contribution in [0.5, 0.6) is 0 Å². The van der Waals surface area contributed by atoms with Gasteiger partial charge >= 0.3 is 0 Å². The van der Waals surface area contributed by atoms with Crippen molar-refractivity contribution < 1.29 is 8.78 Å². The van der Waals surface area contributed by atoms with Gasteiger partial charge in [-0.3, -0.25) is 0 Å². The first-order chi connectivity index (χ1) is 8.15. The molecule has 2 rings (SSSR count). The van der Waals surface area contributed by atoms with Crippen LogP contribution in [0.15, 0.2) is 47.4 Å². The monoisotopic (exact) mass is 270 g/mol. The summed E-state index contributed by atoms with van der Waals surface area (Å²) in [6, 6.07) is 11.3. The Labute approximate surface area is 108 Å². The molecule has 2 aromatic carbocycles. The van der Waals surface area contributed by atoms with Gasteiger partial charge in [0.2, 0.25) is 0 Å². The highest BCUT2D eigenvalue weighted by Gasteiger charge is 2.03. The van der Waals surface area contributed by atoms with E-state index < -0.39 is 11.6 Å². The Hall–Kier alpha value is -1.06. The molecule has 0 N–H and O–H groups in total. The van der Waals surface area contributed by atoms with Crippen LogP contribution >= 0.6 is 23.4 Å². The van der Waals surface area contributed by atoms with Crippen molar-refractivity contribution in [1.29, 1.82) is 0 Å². The van der Waals surface area contributed by atoms with E-state index in [0.29, 0.717) is 10.8 Å². The summed E-state index contributed by atoms with van der Waals surface area (Å²) in [5, 5.41) is 0.683. The molecule has 2 aromatic rings. The molecule has 0 saturated heterocycles. The van der Waals surface area contributed by atoms with Crippen molar-refractivity contribution in [2.24, 2.45) is 0 Å². The maximum atomic E-state index is 13.0. The summed E-state index contributed by atoms with van der Waals surface area (Å²) in [7, 11) is 0. The summed E-state index contributed by atoms with van der Waals surface area (Å²) in [5.41, 5.74) is 0.754. The van der Waals surface area contributed by atoms with E-state index in [2.05, 4.69) is 0 Å². The number of halogens is 3. The van der Waals surface area contributed by atoms with Crippen LogP contribution < -0.4 is 0 Å². The molecule has 0 aromatic heterocycles. The van der Waals surface area contributed by atoms with E-state index in [9.17, 15) is 8.78 Å². The van der Waals surface area contributed by atoms with Crippen LogP contribution in [-0.2, 0) is 5.75 Å². The Balaban J connectivity index is 2.02. The lowest BCUT2D eigenvalue weighted by Crippen LogP contribution is -1.87. The molecule has 0 aliphatic heterocycles. The third-order valence-corrected chi connectivity index (χ3v) is 3.54. The van der Waals surface area contributed by atoms with Crippen molar-refractivity contribution in [1.82, 2.24) is 0 Å². The van der Waals surface area contributed by atoms with Crippen molar-refractivity contribution >= 4 is 23.4 Å². The molecule has 0 amide bonds. The Morgan fingerprint density at radius 1 is 0.941 bits per heavy atom. The van der Waals surface area contributed by atoms with E-state index >= 15 is 0 Å². The van der Waals surface area contributed by atoms with Crippen LogP contribution in [0.3, 0.4) is 0 Å². The van der Waals surface area contributed by atoms with Gasteiger partial charge in [0.15, 0.2) is 11.6 Å². The molecule has 88 valence electrons.